The van der Waals surface area contributed by atoms with E-state index in [4.69, 9.17) is 9.47 Å². The predicted octanol–water partition coefficient (Wildman–Crippen LogP) is 2.10. The first-order chi connectivity index (χ1) is 11.3. The van der Waals surface area contributed by atoms with Crippen molar-refractivity contribution in [2.75, 3.05) is 14.2 Å². The van der Waals surface area contributed by atoms with E-state index in [1.54, 1.807) is 4.72 Å². The maximum Gasteiger partial charge on any atom is 0.268 e. The van der Waals surface area contributed by atoms with Crippen LogP contribution in [0.4, 0.5) is 8.78 Å². The molecule has 0 fully saturated rings. The summed E-state index contributed by atoms with van der Waals surface area (Å²) < 4.78 is 62.4. The van der Waals surface area contributed by atoms with E-state index in [-0.39, 0.29) is 11.3 Å². The summed E-state index contributed by atoms with van der Waals surface area (Å²) in [5.74, 6) is -2.80. The third-order valence-electron chi connectivity index (χ3n) is 3.06. The highest BCUT2D eigenvalue weighted by Crippen LogP contribution is 2.25. The van der Waals surface area contributed by atoms with Crippen LogP contribution in [0.25, 0.3) is 0 Å². The van der Waals surface area contributed by atoms with Gasteiger partial charge in [0.05, 0.1) is 19.8 Å². The van der Waals surface area contributed by atoms with Crippen molar-refractivity contribution in [3.63, 3.8) is 0 Å². The Morgan fingerprint density at radius 1 is 1.04 bits per heavy atom. The Morgan fingerprint density at radius 3 is 2.33 bits per heavy atom. The number of ether oxygens (including phenoxy) is 2. The topological polar surface area (TPSA) is 81.7 Å². The molecule has 1 N–H and O–H groups in total. The van der Waals surface area contributed by atoms with Gasteiger partial charge in [0.25, 0.3) is 15.9 Å². The quantitative estimate of drug-likeness (QED) is 0.886. The van der Waals surface area contributed by atoms with Crippen LogP contribution in [0.5, 0.6) is 11.5 Å². The number of amides is 1. The number of nitrogens with one attached hydrogen (secondary N) is 1. The van der Waals surface area contributed by atoms with Gasteiger partial charge in [0.1, 0.15) is 28.0 Å². The number of benzene rings is 2. The van der Waals surface area contributed by atoms with Crippen molar-refractivity contribution in [1.82, 2.24) is 4.72 Å². The second-order valence-electron chi connectivity index (χ2n) is 4.58. The molecule has 0 aliphatic heterocycles. The van der Waals surface area contributed by atoms with Gasteiger partial charge in [-0.2, -0.15) is 0 Å². The lowest BCUT2D eigenvalue weighted by Gasteiger charge is -2.11. The smallest absolute Gasteiger partial charge is 0.268 e. The number of methoxy groups -OCH3 is 2. The fraction of sp³-hybridized carbons (Fsp3) is 0.133. The minimum absolute atomic E-state index is 0.0710. The molecule has 0 saturated heterocycles. The van der Waals surface area contributed by atoms with E-state index in [1.165, 1.54) is 32.4 Å². The number of carbonyl (C=O) groups is 1. The summed E-state index contributed by atoms with van der Waals surface area (Å²) in [6.07, 6.45) is 0. The Kier molecular flexibility index (Phi) is 5.03. The Morgan fingerprint density at radius 2 is 1.75 bits per heavy atom. The first-order valence-corrected chi connectivity index (χ1v) is 8.01. The second-order valence-corrected chi connectivity index (χ2v) is 6.23. The van der Waals surface area contributed by atoms with Gasteiger partial charge < -0.3 is 9.47 Å². The van der Waals surface area contributed by atoms with Crippen LogP contribution >= 0.6 is 0 Å². The van der Waals surface area contributed by atoms with Gasteiger partial charge in [0, 0.05) is 12.1 Å². The van der Waals surface area contributed by atoms with Gasteiger partial charge in [0.15, 0.2) is 0 Å². The summed E-state index contributed by atoms with van der Waals surface area (Å²) in [4.78, 5) is 11.3. The van der Waals surface area contributed by atoms with Crippen molar-refractivity contribution in [3.05, 3.63) is 53.6 Å². The summed E-state index contributed by atoms with van der Waals surface area (Å²) in [5, 5.41) is 0. The molecule has 2 aromatic rings. The Bertz CT molecular complexity index is 883. The standard InChI is InChI=1S/C15H13F2NO5S/c1-22-10-4-5-11(13(8-10)23-2)15(19)18-24(20,21)14-6-3-9(16)7-12(14)17/h3-8H,1-2H3,(H,18,19). The average Bonchev–Trinajstić information content (AvgIpc) is 2.53. The predicted molar refractivity (Wildman–Crippen MR) is 80.6 cm³/mol. The number of halogens is 2. The van der Waals surface area contributed by atoms with Gasteiger partial charge >= 0.3 is 0 Å². The van der Waals surface area contributed by atoms with Crippen LogP contribution in [0.1, 0.15) is 10.4 Å². The molecule has 2 rings (SSSR count). The average molecular weight is 357 g/mol. The lowest BCUT2D eigenvalue weighted by atomic mass is 10.2. The van der Waals surface area contributed by atoms with Crippen LogP contribution < -0.4 is 14.2 Å². The molecule has 128 valence electrons. The molecular formula is C15H13F2NO5S. The van der Waals surface area contributed by atoms with Gasteiger partial charge in [0.2, 0.25) is 0 Å². The van der Waals surface area contributed by atoms with Crippen molar-refractivity contribution in [1.29, 1.82) is 0 Å². The van der Waals surface area contributed by atoms with E-state index >= 15 is 0 Å². The summed E-state index contributed by atoms with van der Waals surface area (Å²) in [6, 6.07) is 6.03. The Hall–Kier alpha value is -2.68. The highest BCUT2D eigenvalue weighted by atomic mass is 32.2. The first kappa shape index (κ1) is 17.7. The minimum Gasteiger partial charge on any atom is -0.497 e. The molecular weight excluding hydrogens is 344 g/mol. The molecule has 2 aromatic carbocycles. The maximum absolute atomic E-state index is 13.6. The van der Waals surface area contributed by atoms with Crippen molar-refractivity contribution < 1.29 is 31.5 Å². The number of hydrogen-bond donors (Lipinski definition) is 1. The first-order valence-electron chi connectivity index (χ1n) is 6.52. The molecule has 0 saturated carbocycles. The van der Waals surface area contributed by atoms with Crippen LogP contribution in [0.2, 0.25) is 0 Å². The highest BCUT2D eigenvalue weighted by molar-refractivity contribution is 7.90. The summed E-state index contributed by atoms with van der Waals surface area (Å²) >= 11 is 0. The zero-order chi connectivity index (χ0) is 17.9. The van der Waals surface area contributed by atoms with E-state index in [0.29, 0.717) is 11.8 Å². The molecule has 0 aromatic heterocycles. The number of carbonyl (C=O) groups excluding carboxylic acids is 1. The molecule has 0 radical (unpaired) electrons. The van der Waals surface area contributed by atoms with Crippen LogP contribution in [-0.4, -0.2) is 28.5 Å². The second kappa shape index (κ2) is 6.83. The molecule has 0 spiro atoms. The van der Waals surface area contributed by atoms with Crippen molar-refractivity contribution in [2.24, 2.45) is 0 Å². The Balaban J connectivity index is 2.35. The third kappa shape index (κ3) is 3.62. The van der Waals surface area contributed by atoms with Crippen LogP contribution in [0.15, 0.2) is 41.3 Å². The maximum atomic E-state index is 13.6. The minimum atomic E-state index is -4.52. The third-order valence-corrected chi connectivity index (χ3v) is 4.43. The van der Waals surface area contributed by atoms with Crippen molar-refractivity contribution in [3.8, 4) is 11.5 Å². The molecule has 9 heteroatoms. The van der Waals surface area contributed by atoms with Crippen LogP contribution in [-0.2, 0) is 10.0 Å². The monoisotopic (exact) mass is 357 g/mol. The molecule has 0 unspecified atom stereocenters. The number of hydrogen-bond acceptors (Lipinski definition) is 5. The van der Waals surface area contributed by atoms with Gasteiger partial charge in [-0.3, -0.25) is 4.79 Å². The fourth-order valence-electron chi connectivity index (χ4n) is 1.91. The van der Waals surface area contributed by atoms with E-state index < -0.39 is 32.5 Å². The van der Waals surface area contributed by atoms with Crippen LogP contribution in [0, 0.1) is 11.6 Å². The molecule has 0 bridgehead atoms. The van der Waals surface area contributed by atoms with E-state index in [0.717, 1.165) is 12.1 Å². The lowest BCUT2D eigenvalue weighted by molar-refractivity contribution is 0.0978. The molecule has 0 atom stereocenters. The molecule has 1 amide bonds. The Labute approximate surface area is 137 Å². The van der Waals surface area contributed by atoms with Gasteiger partial charge in [-0.05, 0) is 24.3 Å². The summed E-state index contributed by atoms with van der Waals surface area (Å²) in [7, 11) is -1.82. The fourth-order valence-corrected chi connectivity index (χ4v) is 2.94. The van der Waals surface area contributed by atoms with Gasteiger partial charge in [-0.1, -0.05) is 0 Å². The molecule has 24 heavy (non-hydrogen) atoms. The molecule has 6 nitrogen and oxygen atoms in total. The normalized spacial score (nSPS) is 11.0. The molecule has 0 aliphatic carbocycles. The van der Waals surface area contributed by atoms with E-state index in [9.17, 15) is 22.0 Å². The zero-order valence-corrected chi connectivity index (χ0v) is 13.5. The zero-order valence-electron chi connectivity index (χ0n) is 12.7. The lowest BCUT2D eigenvalue weighted by Crippen LogP contribution is -2.31. The number of sulfonamides is 1. The summed E-state index contributed by atoms with van der Waals surface area (Å²) in [6.45, 7) is 0. The SMILES string of the molecule is COc1ccc(C(=O)NS(=O)(=O)c2ccc(F)cc2F)c(OC)c1. The number of rotatable bonds is 5. The largest absolute Gasteiger partial charge is 0.497 e. The van der Waals surface area contributed by atoms with E-state index in [1.807, 2.05) is 0 Å². The van der Waals surface area contributed by atoms with Gasteiger partial charge in [-0.15, -0.1) is 0 Å². The summed E-state index contributed by atoms with van der Waals surface area (Å²) in [5.41, 5.74) is -0.0932. The highest BCUT2D eigenvalue weighted by Gasteiger charge is 2.24. The van der Waals surface area contributed by atoms with Crippen LogP contribution in [0.3, 0.4) is 0 Å². The van der Waals surface area contributed by atoms with E-state index in [2.05, 4.69) is 0 Å². The molecule has 0 aliphatic rings. The molecule has 0 heterocycles. The van der Waals surface area contributed by atoms with Gasteiger partial charge in [-0.25, -0.2) is 21.9 Å². The van der Waals surface area contributed by atoms with Crippen molar-refractivity contribution in [2.45, 2.75) is 4.90 Å². The van der Waals surface area contributed by atoms with Crippen molar-refractivity contribution >= 4 is 15.9 Å².